The lowest BCUT2D eigenvalue weighted by Gasteiger charge is -2.09. The Balaban J connectivity index is 1.89. The standard InChI is InChI=1S/C15H19N3O2S/c1-3-20-14-5-4-11(8-13(14)16)15(19)17-7-6-12-9-21-10(2)18-12/h4-5,8-9H,3,6-7,16H2,1-2H3,(H,17,19). The van der Waals surface area contributed by atoms with Crippen molar-refractivity contribution in [1.82, 2.24) is 10.3 Å². The van der Waals surface area contributed by atoms with E-state index in [4.69, 9.17) is 10.5 Å². The summed E-state index contributed by atoms with van der Waals surface area (Å²) in [6.45, 7) is 4.95. The van der Waals surface area contributed by atoms with Gasteiger partial charge in [-0.2, -0.15) is 0 Å². The lowest BCUT2D eigenvalue weighted by Crippen LogP contribution is -2.25. The second-order valence-electron chi connectivity index (χ2n) is 4.55. The molecule has 21 heavy (non-hydrogen) atoms. The maximum atomic E-state index is 12.0. The predicted molar refractivity (Wildman–Crippen MR) is 84.9 cm³/mol. The monoisotopic (exact) mass is 305 g/mol. The van der Waals surface area contributed by atoms with Gasteiger partial charge in [0.05, 0.1) is 23.0 Å². The third-order valence-corrected chi connectivity index (χ3v) is 3.73. The number of nitrogens with one attached hydrogen (secondary N) is 1. The summed E-state index contributed by atoms with van der Waals surface area (Å²) in [7, 11) is 0. The maximum Gasteiger partial charge on any atom is 0.251 e. The number of ether oxygens (including phenoxy) is 1. The number of nitrogens with two attached hydrogens (primary N) is 1. The van der Waals surface area contributed by atoms with Gasteiger partial charge in [0.2, 0.25) is 0 Å². The van der Waals surface area contributed by atoms with E-state index >= 15 is 0 Å². The highest BCUT2D eigenvalue weighted by atomic mass is 32.1. The van der Waals surface area contributed by atoms with Gasteiger partial charge in [-0.3, -0.25) is 4.79 Å². The Morgan fingerprint density at radius 2 is 2.29 bits per heavy atom. The Kier molecular flexibility index (Phi) is 5.16. The molecular weight excluding hydrogens is 286 g/mol. The van der Waals surface area contributed by atoms with Gasteiger partial charge < -0.3 is 15.8 Å². The number of carbonyl (C=O) groups is 1. The number of thiazole rings is 1. The molecule has 2 aromatic rings. The summed E-state index contributed by atoms with van der Waals surface area (Å²) >= 11 is 1.61. The Hall–Kier alpha value is -2.08. The number of aromatic nitrogens is 1. The van der Waals surface area contributed by atoms with Crippen molar-refractivity contribution in [3.05, 3.63) is 39.8 Å². The summed E-state index contributed by atoms with van der Waals surface area (Å²) in [5, 5.41) is 5.91. The number of nitrogens with zero attached hydrogens (tertiary/aromatic N) is 1. The minimum Gasteiger partial charge on any atom is -0.492 e. The average molecular weight is 305 g/mol. The highest BCUT2D eigenvalue weighted by Gasteiger charge is 2.08. The van der Waals surface area contributed by atoms with Crippen LogP contribution in [0.15, 0.2) is 23.6 Å². The molecule has 1 amide bonds. The molecule has 0 spiro atoms. The fraction of sp³-hybridized carbons (Fsp3) is 0.333. The highest BCUT2D eigenvalue weighted by Crippen LogP contribution is 2.22. The number of aryl methyl sites for hydroxylation is 1. The normalized spacial score (nSPS) is 10.4. The molecule has 0 bridgehead atoms. The molecule has 0 fully saturated rings. The molecule has 5 nitrogen and oxygen atoms in total. The summed E-state index contributed by atoms with van der Waals surface area (Å²) in [5.41, 5.74) is 7.86. The van der Waals surface area contributed by atoms with E-state index in [0.717, 1.165) is 17.1 Å². The molecule has 0 saturated carbocycles. The molecule has 0 aliphatic rings. The number of rotatable bonds is 6. The Morgan fingerprint density at radius 1 is 1.48 bits per heavy atom. The van der Waals surface area contributed by atoms with Gasteiger partial charge in [-0.15, -0.1) is 11.3 Å². The molecule has 0 radical (unpaired) electrons. The van der Waals surface area contributed by atoms with Crippen molar-refractivity contribution in [2.45, 2.75) is 20.3 Å². The predicted octanol–water partition coefficient (Wildman–Crippen LogP) is 2.40. The first-order valence-electron chi connectivity index (χ1n) is 6.81. The van der Waals surface area contributed by atoms with Gasteiger partial charge in [-0.05, 0) is 32.0 Å². The molecule has 0 saturated heterocycles. The van der Waals surface area contributed by atoms with Crippen LogP contribution in [0.1, 0.15) is 28.0 Å². The first-order chi connectivity index (χ1) is 10.1. The third kappa shape index (κ3) is 4.19. The number of hydrogen-bond acceptors (Lipinski definition) is 5. The van der Waals surface area contributed by atoms with Gasteiger partial charge in [0, 0.05) is 23.9 Å². The average Bonchev–Trinajstić information content (AvgIpc) is 2.87. The minimum atomic E-state index is -0.142. The SMILES string of the molecule is CCOc1ccc(C(=O)NCCc2csc(C)n2)cc1N. The number of nitrogen functional groups attached to an aromatic ring is 1. The summed E-state index contributed by atoms with van der Waals surface area (Å²) in [6, 6.07) is 5.06. The van der Waals surface area contributed by atoms with Crippen LogP contribution in [0.25, 0.3) is 0 Å². The van der Waals surface area contributed by atoms with Crippen LogP contribution in [0.4, 0.5) is 5.69 Å². The van der Waals surface area contributed by atoms with Gasteiger partial charge in [0.25, 0.3) is 5.91 Å². The number of carbonyl (C=O) groups excluding carboxylic acids is 1. The topological polar surface area (TPSA) is 77.2 Å². The van der Waals surface area contributed by atoms with E-state index in [2.05, 4.69) is 10.3 Å². The lowest BCUT2D eigenvalue weighted by molar-refractivity contribution is 0.0954. The van der Waals surface area contributed by atoms with Crippen molar-refractivity contribution >= 4 is 22.9 Å². The van der Waals surface area contributed by atoms with Crippen LogP contribution in [0.5, 0.6) is 5.75 Å². The third-order valence-electron chi connectivity index (χ3n) is 2.91. The molecule has 1 aromatic heterocycles. The second kappa shape index (κ2) is 7.08. The van der Waals surface area contributed by atoms with Crippen LogP contribution in [-0.4, -0.2) is 24.0 Å². The van der Waals surface area contributed by atoms with Crippen molar-refractivity contribution in [2.24, 2.45) is 0 Å². The zero-order chi connectivity index (χ0) is 15.2. The lowest BCUT2D eigenvalue weighted by atomic mass is 10.1. The van der Waals surface area contributed by atoms with Crippen LogP contribution in [-0.2, 0) is 6.42 Å². The fourth-order valence-electron chi connectivity index (χ4n) is 1.91. The van der Waals surface area contributed by atoms with Crippen LogP contribution in [0.3, 0.4) is 0 Å². The van der Waals surface area contributed by atoms with Crippen LogP contribution >= 0.6 is 11.3 Å². The highest BCUT2D eigenvalue weighted by molar-refractivity contribution is 7.09. The molecule has 6 heteroatoms. The maximum absolute atomic E-state index is 12.0. The van der Waals surface area contributed by atoms with Crippen molar-refractivity contribution < 1.29 is 9.53 Å². The van der Waals surface area contributed by atoms with Crippen molar-refractivity contribution in [2.75, 3.05) is 18.9 Å². The van der Waals surface area contributed by atoms with E-state index in [1.54, 1.807) is 29.5 Å². The van der Waals surface area contributed by atoms with E-state index in [-0.39, 0.29) is 5.91 Å². The number of anilines is 1. The summed E-state index contributed by atoms with van der Waals surface area (Å²) in [5.74, 6) is 0.462. The second-order valence-corrected chi connectivity index (χ2v) is 5.61. The van der Waals surface area contributed by atoms with E-state index < -0.39 is 0 Å². The van der Waals surface area contributed by atoms with Gasteiger partial charge in [0.1, 0.15) is 5.75 Å². The van der Waals surface area contributed by atoms with Crippen molar-refractivity contribution in [3.8, 4) is 5.75 Å². The van der Waals surface area contributed by atoms with Crippen molar-refractivity contribution in [3.63, 3.8) is 0 Å². The molecule has 2 rings (SSSR count). The quantitative estimate of drug-likeness (QED) is 0.803. The molecule has 0 unspecified atom stereocenters. The first kappa shape index (κ1) is 15.3. The molecule has 1 heterocycles. The van der Waals surface area contributed by atoms with Gasteiger partial charge in [-0.1, -0.05) is 0 Å². The summed E-state index contributed by atoms with van der Waals surface area (Å²) < 4.78 is 5.35. The van der Waals surface area contributed by atoms with Crippen molar-refractivity contribution in [1.29, 1.82) is 0 Å². The van der Waals surface area contributed by atoms with E-state index in [0.29, 0.717) is 30.2 Å². The molecular formula is C15H19N3O2S. The molecule has 1 aromatic carbocycles. The van der Waals surface area contributed by atoms with E-state index in [1.807, 2.05) is 19.2 Å². The number of hydrogen-bond donors (Lipinski definition) is 2. The first-order valence-corrected chi connectivity index (χ1v) is 7.69. The van der Waals surface area contributed by atoms with Gasteiger partial charge in [0.15, 0.2) is 0 Å². The van der Waals surface area contributed by atoms with E-state index in [1.165, 1.54) is 0 Å². The van der Waals surface area contributed by atoms with Gasteiger partial charge in [-0.25, -0.2) is 4.98 Å². The summed E-state index contributed by atoms with van der Waals surface area (Å²) in [6.07, 6.45) is 0.725. The smallest absolute Gasteiger partial charge is 0.251 e. The number of amides is 1. The fourth-order valence-corrected chi connectivity index (χ4v) is 2.55. The van der Waals surface area contributed by atoms with Gasteiger partial charge >= 0.3 is 0 Å². The largest absolute Gasteiger partial charge is 0.492 e. The Bertz CT molecular complexity index is 625. The zero-order valence-electron chi connectivity index (χ0n) is 12.2. The summed E-state index contributed by atoms with van der Waals surface area (Å²) in [4.78, 5) is 16.4. The van der Waals surface area contributed by atoms with Crippen LogP contribution in [0, 0.1) is 6.92 Å². The Labute approximate surface area is 128 Å². The number of benzene rings is 1. The molecule has 112 valence electrons. The van der Waals surface area contributed by atoms with E-state index in [9.17, 15) is 4.79 Å². The minimum absolute atomic E-state index is 0.142. The molecule has 0 atom stereocenters. The van der Waals surface area contributed by atoms with Crippen LogP contribution in [0.2, 0.25) is 0 Å². The molecule has 0 aliphatic heterocycles. The van der Waals surface area contributed by atoms with Crippen LogP contribution < -0.4 is 15.8 Å². The molecule has 0 aliphatic carbocycles. The molecule has 3 N–H and O–H groups in total. The Morgan fingerprint density at radius 3 is 2.90 bits per heavy atom. The zero-order valence-corrected chi connectivity index (χ0v) is 13.0.